The Morgan fingerprint density at radius 2 is 2.10 bits per heavy atom. The lowest BCUT2D eigenvalue weighted by Gasteiger charge is -2.37. The molecule has 2 unspecified atom stereocenters. The summed E-state index contributed by atoms with van der Waals surface area (Å²) in [7, 11) is 0. The van der Waals surface area contributed by atoms with E-state index in [2.05, 4.69) is 5.32 Å². The van der Waals surface area contributed by atoms with Crippen molar-refractivity contribution < 1.29 is 14.7 Å². The van der Waals surface area contributed by atoms with E-state index in [1.165, 1.54) is 0 Å². The van der Waals surface area contributed by atoms with Gasteiger partial charge >= 0.3 is 5.97 Å². The Kier molecular flexibility index (Phi) is 3.97. The molecule has 5 nitrogen and oxygen atoms in total. The SMILES string of the molecule is CC1CCCC(NC(=O)c2ccccc2N)(C(=O)O)C1. The number of hydrogen-bond acceptors (Lipinski definition) is 3. The second-order valence-electron chi connectivity index (χ2n) is 5.63. The molecule has 1 saturated carbocycles. The number of rotatable bonds is 3. The van der Waals surface area contributed by atoms with Crippen LogP contribution in [0.5, 0.6) is 0 Å². The van der Waals surface area contributed by atoms with Crippen LogP contribution in [-0.2, 0) is 4.79 Å². The molecule has 1 aromatic carbocycles. The van der Waals surface area contributed by atoms with E-state index in [0.29, 0.717) is 24.1 Å². The summed E-state index contributed by atoms with van der Waals surface area (Å²) in [6.45, 7) is 2.01. The van der Waals surface area contributed by atoms with E-state index < -0.39 is 17.4 Å². The molecule has 1 fully saturated rings. The summed E-state index contributed by atoms with van der Waals surface area (Å²) in [4.78, 5) is 23.9. The minimum absolute atomic E-state index is 0.285. The van der Waals surface area contributed by atoms with Crippen molar-refractivity contribution in [3.8, 4) is 0 Å². The molecule has 0 aromatic heterocycles. The second kappa shape index (κ2) is 5.53. The fourth-order valence-corrected chi connectivity index (χ4v) is 2.90. The van der Waals surface area contributed by atoms with Crippen LogP contribution < -0.4 is 11.1 Å². The number of carboxylic acid groups (broad SMARTS) is 1. The molecule has 0 aliphatic heterocycles. The van der Waals surface area contributed by atoms with Gasteiger partial charge in [-0.2, -0.15) is 0 Å². The number of nitrogen functional groups attached to an aromatic ring is 1. The third-order valence-corrected chi connectivity index (χ3v) is 3.97. The lowest BCUT2D eigenvalue weighted by molar-refractivity contribution is -0.146. The lowest BCUT2D eigenvalue weighted by atomic mass is 9.76. The maximum Gasteiger partial charge on any atom is 0.329 e. The highest BCUT2D eigenvalue weighted by Gasteiger charge is 2.43. The normalized spacial score (nSPS) is 25.9. The van der Waals surface area contributed by atoms with Crippen LogP contribution in [-0.4, -0.2) is 22.5 Å². The topological polar surface area (TPSA) is 92.4 Å². The van der Waals surface area contributed by atoms with Gasteiger partial charge in [-0.1, -0.05) is 31.9 Å². The van der Waals surface area contributed by atoms with Gasteiger partial charge in [0.25, 0.3) is 5.91 Å². The molecule has 1 aromatic rings. The smallest absolute Gasteiger partial charge is 0.329 e. The van der Waals surface area contributed by atoms with E-state index in [9.17, 15) is 14.7 Å². The number of carbonyl (C=O) groups is 2. The van der Waals surface area contributed by atoms with E-state index in [-0.39, 0.29) is 5.92 Å². The third-order valence-electron chi connectivity index (χ3n) is 3.97. The van der Waals surface area contributed by atoms with Gasteiger partial charge in [0.2, 0.25) is 0 Å². The predicted molar refractivity (Wildman–Crippen MR) is 76.3 cm³/mol. The number of para-hydroxylation sites is 1. The molecule has 2 rings (SSSR count). The van der Waals surface area contributed by atoms with Crippen molar-refractivity contribution in [1.82, 2.24) is 5.32 Å². The number of benzene rings is 1. The summed E-state index contributed by atoms with van der Waals surface area (Å²) in [6.07, 6.45) is 2.72. The van der Waals surface area contributed by atoms with Gasteiger partial charge in [0.15, 0.2) is 0 Å². The Morgan fingerprint density at radius 3 is 2.70 bits per heavy atom. The summed E-state index contributed by atoms with van der Waals surface area (Å²) in [5.41, 5.74) is 5.28. The first-order valence-electron chi connectivity index (χ1n) is 6.85. The number of amides is 1. The summed E-state index contributed by atoms with van der Waals surface area (Å²) in [5.74, 6) is -1.10. The van der Waals surface area contributed by atoms with Crippen LogP contribution in [0, 0.1) is 5.92 Å². The molecule has 108 valence electrons. The van der Waals surface area contributed by atoms with Crippen molar-refractivity contribution in [2.24, 2.45) is 5.92 Å². The summed E-state index contributed by atoms with van der Waals surface area (Å²) >= 11 is 0. The van der Waals surface area contributed by atoms with Gasteiger partial charge in [-0.15, -0.1) is 0 Å². The number of nitrogens with one attached hydrogen (secondary N) is 1. The van der Waals surface area contributed by atoms with Gasteiger partial charge in [0.1, 0.15) is 5.54 Å². The molecular weight excluding hydrogens is 256 g/mol. The molecule has 2 atom stereocenters. The molecular formula is C15H20N2O3. The Labute approximate surface area is 118 Å². The molecule has 0 radical (unpaired) electrons. The zero-order valence-corrected chi connectivity index (χ0v) is 11.6. The first-order chi connectivity index (χ1) is 9.44. The van der Waals surface area contributed by atoms with Crippen LogP contribution in [0.25, 0.3) is 0 Å². The molecule has 1 aliphatic carbocycles. The van der Waals surface area contributed by atoms with E-state index >= 15 is 0 Å². The average molecular weight is 276 g/mol. The molecule has 0 spiro atoms. The Balaban J connectivity index is 2.23. The zero-order chi connectivity index (χ0) is 14.8. The molecule has 4 N–H and O–H groups in total. The summed E-state index contributed by atoms with van der Waals surface area (Å²) < 4.78 is 0. The highest BCUT2D eigenvalue weighted by atomic mass is 16.4. The summed E-state index contributed by atoms with van der Waals surface area (Å²) in [5, 5.41) is 12.2. The predicted octanol–water partition coefficient (Wildman–Crippen LogP) is 2.03. The van der Waals surface area contributed by atoms with E-state index in [0.717, 1.165) is 12.8 Å². The van der Waals surface area contributed by atoms with Crippen molar-refractivity contribution in [1.29, 1.82) is 0 Å². The average Bonchev–Trinajstić information content (AvgIpc) is 2.38. The van der Waals surface area contributed by atoms with E-state index in [4.69, 9.17) is 5.73 Å². The van der Waals surface area contributed by atoms with Crippen LogP contribution in [0.1, 0.15) is 43.0 Å². The van der Waals surface area contributed by atoms with Gasteiger partial charge in [0, 0.05) is 5.69 Å². The maximum absolute atomic E-state index is 12.3. The van der Waals surface area contributed by atoms with Crippen molar-refractivity contribution in [2.45, 2.75) is 38.1 Å². The molecule has 1 amide bonds. The maximum atomic E-state index is 12.3. The summed E-state index contributed by atoms with van der Waals surface area (Å²) in [6, 6.07) is 6.68. The molecule has 0 heterocycles. The highest BCUT2D eigenvalue weighted by molar-refractivity contribution is 6.01. The van der Waals surface area contributed by atoms with Crippen LogP contribution in [0.15, 0.2) is 24.3 Å². The van der Waals surface area contributed by atoms with Crippen LogP contribution in [0.2, 0.25) is 0 Å². The first-order valence-corrected chi connectivity index (χ1v) is 6.85. The van der Waals surface area contributed by atoms with Gasteiger partial charge in [0.05, 0.1) is 5.56 Å². The largest absolute Gasteiger partial charge is 0.480 e. The minimum atomic E-state index is -1.17. The Morgan fingerprint density at radius 1 is 1.40 bits per heavy atom. The van der Waals surface area contributed by atoms with Crippen molar-refractivity contribution in [2.75, 3.05) is 5.73 Å². The van der Waals surface area contributed by atoms with Crippen molar-refractivity contribution in [3.05, 3.63) is 29.8 Å². The monoisotopic (exact) mass is 276 g/mol. The minimum Gasteiger partial charge on any atom is -0.480 e. The quantitative estimate of drug-likeness (QED) is 0.736. The van der Waals surface area contributed by atoms with Crippen molar-refractivity contribution in [3.63, 3.8) is 0 Å². The van der Waals surface area contributed by atoms with Gasteiger partial charge in [-0.05, 0) is 30.9 Å². The molecule has 0 saturated heterocycles. The van der Waals surface area contributed by atoms with Crippen molar-refractivity contribution >= 4 is 17.6 Å². The van der Waals surface area contributed by atoms with Gasteiger partial charge in [-0.3, -0.25) is 4.79 Å². The fraction of sp³-hybridized carbons (Fsp3) is 0.467. The van der Waals surface area contributed by atoms with Crippen LogP contribution >= 0.6 is 0 Å². The third kappa shape index (κ3) is 2.76. The number of anilines is 1. The van der Waals surface area contributed by atoms with E-state index in [1.807, 2.05) is 6.92 Å². The molecule has 5 heteroatoms. The highest BCUT2D eigenvalue weighted by Crippen LogP contribution is 2.33. The van der Waals surface area contributed by atoms with Gasteiger partial charge in [-0.25, -0.2) is 4.79 Å². The standard InChI is InChI=1S/C15H20N2O3/c1-10-5-4-8-15(9-10,14(19)20)17-13(18)11-6-2-3-7-12(11)16/h2-3,6-7,10H,4-5,8-9,16H2,1H3,(H,17,18)(H,19,20). The molecule has 20 heavy (non-hydrogen) atoms. The Bertz CT molecular complexity index is 530. The van der Waals surface area contributed by atoms with Crippen LogP contribution in [0.3, 0.4) is 0 Å². The second-order valence-corrected chi connectivity index (χ2v) is 5.63. The number of hydrogen-bond donors (Lipinski definition) is 3. The first kappa shape index (κ1) is 14.4. The molecule has 0 bridgehead atoms. The zero-order valence-electron chi connectivity index (χ0n) is 11.6. The number of aliphatic carboxylic acids is 1. The Hall–Kier alpha value is -2.04. The van der Waals surface area contributed by atoms with Gasteiger partial charge < -0.3 is 16.2 Å². The number of carbonyl (C=O) groups excluding carboxylic acids is 1. The van der Waals surface area contributed by atoms with Crippen LogP contribution in [0.4, 0.5) is 5.69 Å². The number of carboxylic acids is 1. The lowest BCUT2D eigenvalue weighted by Crippen LogP contribution is -2.56. The fourth-order valence-electron chi connectivity index (χ4n) is 2.90. The number of nitrogens with two attached hydrogens (primary N) is 1. The molecule has 1 aliphatic rings. The van der Waals surface area contributed by atoms with E-state index in [1.54, 1.807) is 24.3 Å².